The third-order valence-corrected chi connectivity index (χ3v) is 8.06. The maximum atomic E-state index is 12.6. The van der Waals surface area contributed by atoms with E-state index >= 15 is 0 Å². The van der Waals surface area contributed by atoms with Crippen molar-refractivity contribution in [2.75, 3.05) is 18.5 Å². The van der Waals surface area contributed by atoms with E-state index in [0.717, 1.165) is 6.26 Å². The van der Waals surface area contributed by atoms with Crippen LogP contribution in [0.5, 0.6) is 0 Å². The van der Waals surface area contributed by atoms with Crippen LogP contribution in [0.4, 0.5) is 0 Å². The summed E-state index contributed by atoms with van der Waals surface area (Å²) in [4.78, 5) is 12.8. The van der Waals surface area contributed by atoms with Crippen LogP contribution in [0.3, 0.4) is 0 Å². The molecule has 2 aromatic carbocycles. The number of ether oxygens (including phenoxy) is 1. The highest BCUT2D eigenvalue weighted by atomic mass is 79.9. The van der Waals surface area contributed by atoms with Crippen molar-refractivity contribution in [3.8, 4) is 27.0 Å². The molecule has 0 radical (unpaired) electrons. The number of benzene rings is 2. The predicted octanol–water partition coefficient (Wildman–Crippen LogP) is 5.35. The van der Waals surface area contributed by atoms with Crippen LogP contribution in [-0.2, 0) is 14.6 Å². The van der Waals surface area contributed by atoms with E-state index in [4.69, 9.17) is 16.3 Å². The fourth-order valence-electron chi connectivity index (χ4n) is 2.99. The Morgan fingerprint density at radius 3 is 2.62 bits per heavy atom. The SMILES string of the molecule is CSCOC(=O)c1nn(-c2ccccc2Cl)c(-c2nnc(-c3cccc(S(C)(=O)=O)c3)s2)c1Br. The van der Waals surface area contributed by atoms with Gasteiger partial charge in [0.25, 0.3) is 0 Å². The molecule has 0 saturated heterocycles. The zero-order valence-electron chi connectivity index (χ0n) is 17.7. The first-order chi connectivity index (χ1) is 16.2. The summed E-state index contributed by atoms with van der Waals surface area (Å²) in [5.74, 6) is -0.419. The molecule has 0 aliphatic heterocycles. The molecule has 0 N–H and O–H groups in total. The number of nitrogens with zero attached hydrogens (tertiary/aromatic N) is 4. The topological polar surface area (TPSA) is 104 Å². The lowest BCUT2D eigenvalue weighted by atomic mass is 10.2. The second-order valence-electron chi connectivity index (χ2n) is 6.93. The molecule has 34 heavy (non-hydrogen) atoms. The van der Waals surface area contributed by atoms with Crippen molar-refractivity contribution in [2.45, 2.75) is 4.90 Å². The van der Waals surface area contributed by atoms with Gasteiger partial charge in [-0.1, -0.05) is 47.2 Å². The Bertz CT molecular complexity index is 1490. The maximum Gasteiger partial charge on any atom is 0.360 e. The summed E-state index contributed by atoms with van der Waals surface area (Å²) in [6, 6.07) is 13.5. The Kier molecular flexibility index (Phi) is 7.43. The van der Waals surface area contributed by atoms with E-state index in [1.165, 1.54) is 33.8 Å². The van der Waals surface area contributed by atoms with E-state index in [1.807, 2.05) is 6.26 Å². The molecule has 0 bridgehead atoms. The highest BCUT2D eigenvalue weighted by molar-refractivity contribution is 9.10. The summed E-state index contributed by atoms with van der Waals surface area (Å²) < 4.78 is 31.0. The molecule has 8 nitrogen and oxygen atoms in total. The van der Waals surface area contributed by atoms with Crippen molar-refractivity contribution in [1.82, 2.24) is 20.0 Å². The quantitative estimate of drug-likeness (QED) is 0.207. The summed E-state index contributed by atoms with van der Waals surface area (Å²) in [6.45, 7) is 0. The van der Waals surface area contributed by atoms with Crippen molar-refractivity contribution in [3.63, 3.8) is 0 Å². The zero-order valence-corrected chi connectivity index (χ0v) is 22.5. The molecule has 0 aliphatic carbocycles. The molecule has 13 heteroatoms. The van der Waals surface area contributed by atoms with Gasteiger partial charge in [-0.15, -0.1) is 22.0 Å². The van der Waals surface area contributed by atoms with Gasteiger partial charge in [0.05, 0.1) is 20.1 Å². The molecule has 4 rings (SSSR count). The second-order valence-corrected chi connectivity index (χ2v) is 11.9. The van der Waals surface area contributed by atoms with Crippen LogP contribution in [0.1, 0.15) is 10.5 Å². The van der Waals surface area contributed by atoms with E-state index in [9.17, 15) is 13.2 Å². The van der Waals surface area contributed by atoms with Gasteiger partial charge in [0.2, 0.25) is 0 Å². The third-order valence-electron chi connectivity index (χ3n) is 4.55. The largest absolute Gasteiger partial charge is 0.450 e. The molecule has 0 spiro atoms. The second kappa shape index (κ2) is 10.2. The fraction of sp³-hybridized carbons (Fsp3) is 0.143. The lowest BCUT2D eigenvalue weighted by Crippen LogP contribution is -2.07. The molecule has 176 valence electrons. The Morgan fingerprint density at radius 2 is 1.91 bits per heavy atom. The highest BCUT2D eigenvalue weighted by Gasteiger charge is 2.27. The summed E-state index contributed by atoms with van der Waals surface area (Å²) in [7, 11) is -3.38. The molecule has 4 aromatic rings. The molecule has 2 aromatic heterocycles. The van der Waals surface area contributed by atoms with Gasteiger partial charge in [0.1, 0.15) is 16.6 Å². The Labute approximate surface area is 217 Å². The lowest BCUT2D eigenvalue weighted by Gasteiger charge is -2.07. The molecule has 0 atom stereocenters. The summed E-state index contributed by atoms with van der Waals surface area (Å²) in [5, 5.41) is 14.4. The number of aromatic nitrogens is 4. The Morgan fingerprint density at radius 1 is 1.18 bits per heavy atom. The van der Waals surface area contributed by atoms with Crippen LogP contribution in [0, 0.1) is 0 Å². The number of hydrogen-bond acceptors (Lipinski definition) is 9. The van der Waals surface area contributed by atoms with Gasteiger partial charge >= 0.3 is 5.97 Å². The standard InChI is InChI=1S/C21H16BrClN4O4S3/c1-32-11-31-21(28)17-16(22)18(27(26-17)15-9-4-3-8-14(15)23)20-25-24-19(33-20)12-6-5-7-13(10-12)34(2,29)30/h3-10H,11H2,1-2H3. The number of thioether (sulfide) groups is 1. The smallest absolute Gasteiger partial charge is 0.360 e. The summed E-state index contributed by atoms with van der Waals surface area (Å²) >= 11 is 12.5. The highest BCUT2D eigenvalue weighted by Crippen LogP contribution is 2.39. The first-order valence-electron chi connectivity index (χ1n) is 9.54. The van der Waals surface area contributed by atoms with Crippen molar-refractivity contribution in [1.29, 1.82) is 0 Å². The van der Waals surface area contributed by atoms with Gasteiger partial charge in [-0.3, -0.25) is 0 Å². The molecule has 0 unspecified atom stereocenters. The zero-order chi connectivity index (χ0) is 24.5. The Hall–Kier alpha value is -2.25. The van der Waals surface area contributed by atoms with Crippen molar-refractivity contribution < 1.29 is 17.9 Å². The van der Waals surface area contributed by atoms with Gasteiger partial charge in [-0.2, -0.15) is 5.10 Å². The molecule has 0 fully saturated rings. The number of carbonyl (C=O) groups excluding carboxylic acids is 1. The van der Waals surface area contributed by atoms with Gasteiger partial charge in [0.15, 0.2) is 20.5 Å². The number of halogens is 2. The van der Waals surface area contributed by atoms with Crippen LogP contribution >= 0.6 is 50.6 Å². The molecule has 0 aliphatic rings. The summed E-state index contributed by atoms with van der Waals surface area (Å²) in [5.41, 5.74) is 1.68. The number of esters is 1. The van der Waals surface area contributed by atoms with E-state index in [1.54, 1.807) is 42.5 Å². The molecular formula is C21H16BrClN4O4S3. The van der Waals surface area contributed by atoms with E-state index in [0.29, 0.717) is 36.5 Å². The number of rotatable bonds is 7. The normalized spacial score (nSPS) is 11.5. The van der Waals surface area contributed by atoms with E-state index in [-0.39, 0.29) is 16.5 Å². The number of carbonyl (C=O) groups is 1. The van der Waals surface area contributed by atoms with Gasteiger partial charge in [-0.25, -0.2) is 17.9 Å². The van der Waals surface area contributed by atoms with Crippen molar-refractivity contribution >= 4 is 66.4 Å². The molecular weight excluding hydrogens is 584 g/mol. The van der Waals surface area contributed by atoms with Crippen LogP contribution in [0.2, 0.25) is 5.02 Å². The Balaban J connectivity index is 1.85. The molecule has 0 saturated carbocycles. The molecule has 0 amide bonds. The van der Waals surface area contributed by atoms with E-state index < -0.39 is 15.8 Å². The lowest BCUT2D eigenvalue weighted by molar-refractivity contribution is 0.0571. The van der Waals surface area contributed by atoms with Crippen molar-refractivity contribution in [3.05, 3.63) is 63.7 Å². The number of hydrogen-bond donors (Lipinski definition) is 0. The van der Waals surface area contributed by atoms with Gasteiger partial charge < -0.3 is 4.74 Å². The monoisotopic (exact) mass is 598 g/mol. The van der Waals surface area contributed by atoms with Gasteiger partial charge in [-0.05, 0) is 46.5 Å². The van der Waals surface area contributed by atoms with Crippen LogP contribution < -0.4 is 0 Å². The average molecular weight is 600 g/mol. The predicted molar refractivity (Wildman–Crippen MR) is 138 cm³/mol. The fourth-order valence-corrected chi connectivity index (χ4v) is 5.70. The number of para-hydroxylation sites is 1. The van der Waals surface area contributed by atoms with E-state index in [2.05, 4.69) is 31.2 Å². The van der Waals surface area contributed by atoms with Crippen LogP contribution in [0.25, 0.3) is 27.0 Å². The molecule has 2 heterocycles. The minimum Gasteiger partial charge on any atom is -0.450 e. The van der Waals surface area contributed by atoms with Gasteiger partial charge in [0, 0.05) is 11.8 Å². The minimum absolute atomic E-state index is 0.0693. The number of sulfone groups is 1. The maximum absolute atomic E-state index is 12.6. The van der Waals surface area contributed by atoms with Crippen LogP contribution in [0.15, 0.2) is 57.9 Å². The first-order valence-corrected chi connectivity index (χ1v) is 14.8. The summed E-state index contributed by atoms with van der Waals surface area (Å²) in [6.07, 6.45) is 2.96. The minimum atomic E-state index is -3.38. The third kappa shape index (κ3) is 5.05. The van der Waals surface area contributed by atoms with Crippen LogP contribution in [-0.4, -0.2) is 52.8 Å². The van der Waals surface area contributed by atoms with Crippen molar-refractivity contribution in [2.24, 2.45) is 0 Å². The average Bonchev–Trinajstić information content (AvgIpc) is 3.42. The first kappa shape index (κ1) is 24.9.